The summed E-state index contributed by atoms with van der Waals surface area (Å²) in [5.41, 5.74) is 3.82. The molecule has 5 rings (SSSR count). The lowest BCUT2D eigenvalue weighted by atomic mass is 9.80. The fraction of sp³-hybridized carbons (Fsp3) is 0.370. The van der Waals surface area contributed by atoms with Gasteiger partial charge in [0.1, 0.15) is 34.4 Å². The van der Waals surface area contributed by atoms with Crippen LogP contribution in [0.2, 0.25) is 0 Å². The summed E-state index contributed by atoms with van der Waals surface area (Å²) in [6.07, 6.45) is 4.72. The molecule has 9 nitrogen and oxygen atoms in total. The number of nitrogens with zero attached hydrogens (tertiary/aromatic N) is 2. The van der Waals surface area contributed by atoms with E-state index < -0.39 is 73.2 Å². The molecule has 0 unspecified atom stereocenters. The van der Waals surface area contributed by atoms with Crippen molar-refractivity contribution in [3.05, 3.63) is 71.4 Å². The highest BCUT2D eigenvalue weighted by atomic mass is 32.2. The lowest BCUT2D eigenvalue weighted by Crippen LogP contribution is -2.60. The molecule has 4 N–H and O–H groups in total. The Balaban J connectivity index is 1.44. The fourth-order valence-corrected chi connectivity index (χ4v) is 5.58. The van der Waals surface area contributed by atoms with Crippen molar-refractivity contribution in [2.24, 2.45) is 11.7 Å². The molecule has 1 aliphatic carbocycles. The monoisotopic (exact) mass is 576 g/mol. The lowest BCUT2D eigenvalue weighted by Gasteiger charge is -2.45. The molecule has 0 bridgehead atoms. The van der Waals surface area contributed by atoms with Crippen LogP contribution in [0.15, 0.2) is 47.6 Å². The molecule has 0 radical (unpaired) electrons. The van der Waals surface area contributed by atoms with Crippen LogP contribution < -0.4 is 11.1 Å². The zero-order valence-corrected chi connectivity index (χ0v) is 22.4. The van der Waals surface area contributed by atoms with E-state index in [2.05, 4.69) is 15.3 Å². The number of nitrogens with two attached hydrogens (primary N) is 1. The van der Waals surface area contributed by atoms with E-state index in [-0.39, 0.29) is 23.7 Å². The molecule has 1 amide bonds. The Hall–Kier alpha value is -3.39. The average molecular weight is 577 g/mol. The number of amides is 1. The van der Waals surface area contributed by atoms with Gasteiger partial charge in [0.15, 0.2) is 9.84 Å². The molecule has 1 aliphatic heterocycles. The Morgan fingerprint density at radius 2 is 1.82 bits per heavy atom. The number of pyridine rings is 2. The second-order valence-corrected chi connectivity index (χ2v) is 12.4. The first-order chi connectivity index (χ1) is 18.8. The molecular formula is C27H27F3N4O5S. The molecule has 40 heavy (non-hydrogen) atoms. The van der Waals surface area contributed by atoms with Crippen molar-refractivity contribution in [2.45, 2.75) is 54.9 Å². The predicted octanol–water partition coefficient (Wildman–Crippen LogP) is 3.54. The maximum absolute atomic E-state index is 14.8. The summed E-state index contributed by atoms with van der Waals surface area (Å²) in [5, 5.41) is 13.6. The Morgan fingerprint density at radius 1 is 1.15 bits per heavy atom. The number of rotatable bonds is 6. The van der Waals surface area contributed by atoms with Crippen molar-refractivity contribution in [1.29, 1.82) is 0 Å². The van der Waals surface area contributed by atoms with Crippen LogP contribution in [0.3, 0.4) is 0 Å². The van der Waals surface area contributed by atoms with Gasteiger partial charge in [-0.25, -0.2) is 26.6 Å². The van der Waals surface area contributed by atoms with E-state index in [1.165, 1.54) is 12.4 Å². The standard InChI is InChI=1S/C27H27F3N4O5S/c1-27(36)22(31)11-21(39-25(27)13-3-4-13)15-7-8-32-12-20(15)34-26(35)19-6-5-16(28)24(33-19)23-17(29)9-14(10-18(23)30)40(2,37)38/h5-10,12-13,21-22,25,36H,3-4,11,31H2,1-2H3,(H,34,35)/t21-,22-,25-,27+/m1/s1. The number of halogens is 3. The summed E-state index contributed by atoms with van der Waals surface area (Å²) in [6, 6.07) is 4.05. The molecule has 1 saturated heterocycles. The molecule has 1 saturated carbocycles. The number of aromatic nitrogens is 2. The summed E-state index contributed by atoms with van der Waals surface area (Å²) in [6.45, 7) is 1.66. The van der Waals surface area contributed by atoms with Crippen molar-refractivity contribution in [1.82, 2.24) is 9.97 Å². The van der Waals surface area contributed by atoms with Gasteiger partial charge in [0, 0.05) is 24.1 Å². The Bertz CT molecular complexity index is 1570. The fourth-order valence-electron chi connectivity index (χ4n) is 4.95. The number of hydrogen-bond acceptors (Lipinski definition) is 8. The highest BCUT2D eigenvalue weighted by molar-refractivity contribution is 7.90. The largest absolute Gasteiger partial charge is 0.386 e. The number of nitrogens with one attached hydrogen (secondary N) is 1. The smallest absolute Gasteiger partial charge is 0.274 e. The maximum atomic E-state index is 14.8. The molecule has 2 aromatic heterocycles. The number of benzene rings is 1. The number of aliphatic hydroxyl groups is 1. The van der Waals surface area contributed by atoms with Crippen LogP contribution in [0.1, 0.15) is 48.3 Å². The van der Waals surface area contributed by atoms with Crippen molar-refractivity contribution < 1.29 is 36.2 Å². The number of hydrogen-bond donors (Lipinski definition) is 3. The van der Waals surface area contributed by atoms with Crippen molar-refractivity contribution in [3.63, 3.8) is 0 Å². The first kappa shape index (κ1) is 28.1. The molecule has 4 atom stereocenters. The van der Waals surface area contributed by atoms with Crippen molar-refractivity contribution >= 4 is 21.4 Å². The molecule has 1 aromatic carbocycles. The van der Waals surface area contributed by atoms with Gasteiger partial charge in [-0.3, -0.25) is 9.78 Å². The number of anilines is 1. The van der Waals surface area contributed by atoms with Crippen LogP contribution >= 0.6 is 0 Å². The molecule has 2 fully saturated rings. The summed E-state index contributed by atoms with van der Waals surface area (Å²) in [5.74, 6) is -4.48. The number of ether oxygens (including phenoxy) is 1. The topological polar surface area (TPSA) is 144 Å². The third-order valence-corrected chi connectivity index (χ3v) is 8.46. The van der Waals surface area contributed by atoms with E-state index in [1.807, 2.05) is 0 Å². The normalized spacial score (nSPS) is 25.0. The minimum atomic E-state index is -3.94. The van der Waals surface area contributed by atoms with Gasteiger partial charge < -0.3 is 20.9 Å². The summed E-state index contributed by atoms with van der Waals surface area (Å²) < 4.78 is 73.8. The minimum Gasteiger partial charge on any atom is -0.386 e. The van der Waals surface area contributed by atoms with Crippen LogP contribution in [0.5, 0.6) is 0 Å². The second-order valence-electron chi connectivity index (χ2n) is 10.4. The van der Waals surface area contributed by atoms with Gasteiger partial charge in [0.25, 0.3) is 5.91 Å². The Kier molecular flexibility index (Phi) is 7.19. The number of carbonyl (C=O) groups is 1. The van der Waals surface area contributed by atoms with E-state index in [1.54, 1.807) is 13.0 Å². The first-order valence-electron chi connectivity index (χ1n) is 12.5. The Labute approximate surface area is 228 Å². The van der Waals surface area contributed by atoms with E-state index >= 15 is 0 Å². The lowest BCUT2D eigenvalue weighted by molar-refractivity contribution is -0.186. The van der Waals surface area contributed by atoms with Crippen LogP contribution in [0.25, 0.3) is 11.3 Å². The molecule has 13 heteroatoms. The van der Waals surface area contributed by atoms with E-state index in [4.69, 9.17) is 10.5 Å². The molecule has 0 spiro atoms. The van der Waals surface area contributed by atoms with Gasteiger partial charge in [0.2, 0.25) is 0 Å². The molecular weight excluding hydrogens is 549 g/mol. The molecule has 2 aliphatic rings. The van der Waals surface area contributed by atoms with Gasteiger partial charge in [-0.1, -0.05) is 0 Å². The van der Waals surface area contributed by atoms with Gasteiger partial charge in [0.05, 0.1) is 34.6 Å². The van der Waals surface area contributed by atoms with Crippen LogP contribution in [-0.2, 0) is 14.6 Å². The summed E-state index contributed by atoms with van der Waals surface area (Å²) in [7, 11) is -3.94. The van der Waals surface area contributed by atoms with E-state index in [9.17, 15) is 31.5 Å². The van der Waals surface area contributed by atoms with E-state index in [0.29, 0.717) is 17.7 Å². The highest BCUT2D eigenvalue weighted by Gasteiger charge is 2.52. The summed E-state index contributed by atoms with van der Waals surface area (Å²) in [4.78, 5) is 20.4. The second kappa shape index (κ2) is 10.2. The zero-order chi connectivity index (χ0) is 29.0. The van der Waals surface area contributed by atoms with Crippen LogP contribution in [-0.4, -0.2) is 53.4 Å². The van der Waals surface area contributed by atoms with Gasteiger partial charge >= 0.3 is 0 Å². The highest BCUT2D eigenvalue weighted by Crippen LogP contribution is 2.47. The van der Waals surface area contributed by atoms with E-state index in [0.717, 1.165) is 31.2 Å². The number of carbonyl (C=O) groups excluding carboxylic acids is 1. The third kappa shape index (κ3) is 5.33. The SMILES string of the molecule is C[C@]1(O)[C@H](N)C[C@H](c2ccncc2NC(=O)c2ccc(F)c(-c3c(F)cc(S(C)(=O)=O)cc3F)n2)O[C@@H]1C1CC1. The zero-order valence-electron chi connectivity index (χ0n) is 21.6. The maximum Gasteiger partial charge on any atom is 0.274 e. The van der Waals surface area contributed by atoms with Gasteiger partial charge in [-0.05, 0) is 62.4 Å². The first-order valence-corrected chi connectivity index (χ1v) is 14.4. The van der Waals surface area contributed by atoms with Crippen molar-refractivity contribution in [2.75, 3.05) is 11.6 Å². The van der Waals surface area contributed by atoms with Gasteiger partial charge in [-0.2, -0.15) is 0 Å². The Morgan fingerprint density at radius 3 is 2.45 bits per heavy atom. The average Bonchev–Trinajstić information content (AvgIpc) is 3.71. The van der Waals surface area contributed by atoms with Crippen molar-refractivity contribution in [3.8, 4) is 11.3 Å². The summed E-state index contributed by atoms with van der Waals surface area (Å²) >= 11 is 0. The van der Waals surface area contributed by atoms with Crippen LogP contribution in [0, 0.1) is 23.4 Å². The predicted molar refractivity (Wildman–Crippen MR) is 138 cm³/mol. The molecule has 3 aromatic rings. The van der Waals surface area contributed by atoms with Gasteiger partial charge in [-0.15, -0.1) is 0 Å². The molecule has 3 heterocycles. The quantitative estimate of drug-likeness (QED) is 0.404. The molecule has 212 valence electrons. The van der Waals surface area contributed by atoms with Crippen LogP contribution in [0.4, 0.5) is 18.9 Å². The number of sulfone groups is 1. The third-order valence-electron chi connectivity index (χ3n) is 7.36. The minimum absolute atomic E-state index is 0.179.